The Hall–Kier alpha value is -3.15. The number of aromatic amines is 1. The minimum atomic E-state index is 0.00482. The summed E-state index contributed by atoms with van der Waals surface area (Å²) in [6, 6.07) is 11.8. The molecule has 2 aromatic heterocycles. The Morgan fingerprint density at radius 2 is 2.07 bits per heavy atom. The molecule has 0 unspecified atom stereocenters. The normalized spacial score (nSPS) is 17.1. The summed E-state index contributed by atoms with van der Waals surface area (Å²) in [4.78, 5) is 18.7. The summed E-state index contributed by atoms with van der Waals surface area (Å²) in [5, 5.41) is 7.46. The lowest BCUT2D eigenvalue weighted by molar-refractivity contribution is 0.0706. The van der Waals surface area contributed by atoms with Crippen LogP contribution in [0.15, 0.2) is 48.8 Å². The number of piperidine rings is 1. The van der Waals surface area contributed by atoms with Crippen LogP contribution in [0.4, 0.5) is 5.82 Å². The molecule has 138 valence electrons. The number of likely N-dealkylation sites (tertiary alicyclic amines) is 1. The number of amides is 1. The number of H-pyrrole nitrogens is 1. The highest BCUT2D eigenvalue weighted by molar-refractivity contribution is 5.94. The molecule has 0 radical (unpaired) electrons. The zero-order valence-corrected chi connectivity index (χ0v) is 15.4. The predicted octanol–water partition coefficient (Wildman–Crippen LogP) is 3.38. The van der Waals surface area contributed by atoms with E-state index < -0.39 is 0 Å². The number of pyridine rings is 1. The number of carbonyl (C=O) groups is 1. The van der Waals surface area contributed by atoms with E-state index in [0.29, 0.717) is 17.9 Å². The highest BCUT2D eigenvalue weighted by atomic mass is 16.2. The van der Waals surface area contributed by atoms with Gasteiger partial charge in [0, 0.05) is 42.0 Å². The van der Waals surface area contributed by atoms with Crippen molar-refractivity contribution in [1.82, 2.24) is 20.1 Å². The molecular formula is C21H23N5O. The van der Waals surface area contributed by atoms with Crippen molar-refractivity contribution in [2.24, 2.45) is 0 Å². The minimum absolute atomic E-state index is 0.00482. The maximum Gasteiger partial charge on any atom is 0.254 e. The van der Waals surface area contributed by atoms with Crippen molar-refractivity contribution in [3.63, 3.8) is 0 Å². The van der Waals surface area contributed by atoms with Gasteiger partial charge in [0.15, 0.2) is 0 Å². The Balaban J connectivity index is 1.56. The number of nitrogen functional groups attached to an aromatic ring is 1. The number of hydrogen-bond donors (Lipinski definition) is 2. The molecule has 4 rings (SSSR count). The van der Waals surface area contributed by atoms with Crippen LogP contribution in [-0.4, -0.2) is 39.1 Å². The molecule has 27 heavy (non-hydrogen) atoms. The highest BCUT2D eigenvalue weighted by Gasteiger charge is 2.28. The van der Waals surface area contributed by atoms with E-state index in [2.05, 4.69) is 46.4 Å². The molecular weight excluding hydrogens is 338 g/mol. The van der Waals surface area contributed by atoms with Crippen molar-refractivity contribution in [3.8, 4) is 11.1 Å². The van der Waals surface area contributed by atoms with Gasteiger partial charge in [-0.2, -0.15) is 5.10 Å². The molecule has 6 heteroatoms. The van der Waals surface area contributed by atoms with Crippen LogP contribution < -0.4 is 5.73 Å². The van der Waals surface area contributed by atoms with Crippen LogP contribution in [0, 0.1) is 6.92 Å². The first kappa shape index (κ1) is 17.3. The highest BCUT2D eigenvalue weighted by Crippen LogP contribution is 2.33. The third-order valence-electron chi connectivity index (χ3n) is 5.18. The van der Waals surface area contributed by atoms with Crippen LogP contribution in [-0.2, 0) is 0 Å². The summed E-state index contributed by atoms with van der Waals surface area (Å²) in [6.07, 6.45) is 5.45. The Morgan fingerprint density at radius 3 is 2.85 bits per heavy atom. The molecule has 1 aliphatic heterocycles. The van der Waals surface area contributed by atoms with Crippen molar-refractivity contribution in [2.75, 3.05) is 18.8 Å². The lowest BCUT2D eigenvalue weighted by Gasteiger charge is -2.33. The zero-order chi connectivity index (χ0) is 18.8. The standard InChI is InChI=1S/C21H23N5O/c1-14-4-6-15(7-5-14)18-12-24-25-20(18)17-3-2-10-26(13-17)21(27)16-8-9-23-19(22)11-16/h4-9,11-12,17H,2-3,10,13H2,1H3,(H2,22,23)(H,24,25)/t17-/m0/s1. The third kappa shape index (κ3) is 3.56. The molecule has 1 atom stereocenters. The molecule has 3 aromatic rings. The van der Waals surface area contributed by atoms with Crippen LogP contribution in [0.1, 0.15) is 40.4 Å². The topological polar surface area (TPSA) is 87.9 Å². The van der Waals surface area contributed by atoms with Gasteiger partial charge in [-0.1, -0.05) is 29.8 Å². The molecule has 3 heterocycles. The van der Waals surface area contributed by atoms with E-state index in [1.54, 1.807) is 18.3 Å². The Bertz CT molecular complexity index is 947. The minimum Gasteiger partial charge on any atom is -0.384 e. The van der Waals surface area contributed by atoms with Crippen molar-refractivity contribution in [1.29, 1.82) is 0 Å². The van der Waals surface area contributed by atoms with Crippen LogP contribution in [0.2, 0.25) is 0 Å². The first-order valence-corrected chi connectivity index (χ1v) is 9.23. The molecule has 1 aliphatic rings. The van der Waals surface area contributed by atoms with Crippen molar-refractivity contribution in [3.05, 3.63) is 65.6 Å². The van der Waals surface area contributed by atoms with E-state index in [1.165, 1.54) is 5.56 Å². The number of anilines is 1. The number of nitrogens with one attached hydrogen (secondary N) is 1. The van der Waals surface area contributed by atoms with Crippen molar-refractivity contribution < 1.29 is 4.79 Å². The first-order valence-electron chi connectivity index (χ1n) is 9.23. The van der Waals surface area contributed by atoms with E-state index in [4.69, 9.17) is 5.73 Å². The van der Waals surface area contributed by atoms with Crippen LogP contribution in [0.5, 0.6) is 0 Å². The number of nitrogens with two attached hydrogens (primary N) is 1. The smallest absolute Gasteiger partial charge is 0.254 e. The number of benzene rings is 1. The number of nitrogens with zero attached hydrogens (tertiary/aromatic N) is 3. The maximum absolute atomic E-state index is 12.9. The van der Waals surface area contributed by atoms with Crippen LogP contribution in [0.25, 0.3) is 11.1 Å². The Kier molecular flexibility index (Phi) is 4.62. The van der Waals surface area contributed by atoms with Gasteiger partial charge in [-0.25, -0.2) is 4.98 Å². The predicted molar refractivity (Wildman–Crippen MR) is 105 cm³/mol. The number of aryl methyl sites for hydroxylation is 1. The van der Waals surface area contributed by atoms with Crippen LogP contribution >= 0.6 is 0 Å². The average Bonchev–Trinajstić information content (AvgIpc) is 3.18. The van der Waals surface area contributed by atoms with Gasteiger partial charge in [-0.15, -0.1) is 0 Å². The van der Waals surface area contributed by atoms with E-state index in [9.17, 15) is 4.79 Å². The molecule has 0 saturated carbocycles. The third-order valence-corrected chi connectivity index (χ3v) is 5.18. The number of aromatic nitrogens is 3. The summed E-state index contributed by atoms with van der Waals surface area (Å²) in [5.41, 5.74) is 10.9. The molecule has 6 nitrogen and oxygen atoms in total. The fourth-order valence-electron chi connectivity index (χ4n) is 3.73. The van der Waals surface area contributed by atoms with Gasteiger partial charge in [-0.05, 0) is 37.5 Å². The summed E-state index contributed by atoms with van der Waals surface area (Å²) in [7, 11) is 0. The SMILES string of the molecule is Cc1ccc(-c2cn[nH]c2[C@H]2CCCN(C(=O)c3ccnc(N)c3)C2)cc1. The summed E-state index contributed by atoms with van der Waals surface area (Å²) in [6.45, 7) is 3.50. The summed E-state index contributed by atoms with van der Waals surface area (Å²) in [5.74, 6) is 0.607. The molecule has 0 aliphatic carbocycles. The van der Waals surface area contributed by atoms with Gasteiger partial charge in [0.2, 0.25) is 0 Å². The average molecular weight is 361 g/mol. The number of hydrogen-bond acceptors (Lipinski definition) is 4. The fourth-order valence-corrected chi connectivity index (χ4v) is 3.73. The fraction of sp³-hybridized carbons (Fsp3) is 0.286. The molecule has 0 bridgehead atoms. The second-order valence-corrected chi connectivity index (χ2v) is 7.12. The van der Waals surface area contributed by atoms with Gasteiger partial charge >= 0.3 is 0 Å². The first-order chi connectivity index (χ1) is 13.1. The van der Waals surface area contributed by atoms with Crippen molar-refractivity contribution in [2.45, 2.75) is 25.7 Å². The summed E-state index contributed by atoms with van der Waals surface area (Å²) < 4.78 is 0. The van der Waals surface area contributed by atoms with Crippen molar-refractivity contribution >= 4 is 11.7 Å². The van der Waals surface area contributed by atoms with E-state index in [1.807, 2.05) is 11.1 Å². The molecule has 3 N–H and O–H groups in total. The quantitative estimate of drug-likeness (QED) is 0.748. The molecule has 0 spiro atoms. The van der Waals surface area contributed by atoms with Gasteiger partial charge in [0.25, 0.3) is 5.91 Å². The van der Waals surface area contributed by atoms with Crippen LogP contribution in [0.3, 0.4) is 0 Å². The maximum atomic E-state index is 12.9. The molecule has 1 saturated heterocycles. The lowest BCUT2D eigenvalue weighted by Crippen LogP contribution is -2.39. The monoisotopic (exact) mass is 361 g/mol. The second kappa shape index (κ2) is 7.23. The molecule has 1 amide bonds. The largest absolute Gasteiger partial charge is 0.384 e. The van der Waals surface area contributed by atoms with Gasteiger partial charge < -0.3 is 10.6 Å². The second-order valence-electron chi connectivity index (χ2n) is 7.12. The number of carbonyl (C=O) groups excluding carboxylic acids is 1. The van der Waals surface area contributed by atoms with E-state index in [-0.39, 0.29) is 11.8 Å². The molecule has 1 fully saturated rings. The Labute approximate surface area is 158 Å². The summed E-state index contributed by atoms with van der Waals surface area (Å²) >= 11 is 0. The number of rotatable bonds is 3. The molecule has 1 aromatic carbocycles. The van der Waals surface area contributed by atoms with Gasteiger partial charge in [0.1, 0.15) is 5.82 Å². The lowest BCUT2D eigenvalue weighted by atomic mass is 9.90. The van der Waals surface area contributed by atoms with Gasteiger partial charge in [-0.3, -0.25) is 9.89 Å². The van der Waals surface area contributed by atoms with E-state index >= 15 is 0 Å². The van der Waals surface area contributed by atoms with E-state index in [0.717, 1.165) is 36.2 Å². The Morgan fingerprint density at radius 1 is 1.26 bits per heavy atom. The van der Waals surface area contributed by atoms with Gasteiger partial charge in [0.05, 0.1) is 6.20 Å². The zero-order valence-electron chi connectivity index (χ0n) is 15.4.